The van der Waals surface area contributed by atoms with Gasteiger partial charge in [0.25, 0.3) is 0 Å². The molecule has 0 aromatic heterocycles. The Morgan fingerprint density at radius 1 is 1.52 bits per heavy atom. The Morgan fingerprint density at radius 3 is 2.67 bits per heavy atom. The Balaban J connectivity index is 1.81. The van der Waals surface area contributed by atoms with Crippen LogP contribution in [0.2, 0.25) is 5.02 Å². The maximum absolute atomic E-state index is 12.1. The van der Waals surface area contributed by atoms with Gasteiger partial charge in [0.1, 0.15) is 17.3 Å². The molecule has 0 aliphatic heterocycles. The number of benzene rings is 1. The number of hydrogen-bond acceptors (Lipinski definition) is 3. The van der Waals surface area contributed by atoms with Gasteiger partial charge in [0.15, 0.2) is 0 Å². The van der Waals surface area contributed by atoms with Crippen molar-refractivity contribution in [2.45, 2.75) is 32.8 Å². The van der Waals surface area contributed by atoms with E-state index in [-0.39, 0.29) is 12.0 Å². The second-order valence-corrected chi connectivity index (χ2v) is 6.24. The highest BCUT2D eigenvalue weighted by Gasteiger charge is 2.48. The molecule has 1 N–H and O–H groups in total. The SMILES string of the molecule is CC1CC(C#N)(C(=O)NC[C@H](C)Oc2ccc(Cl)cc2)C1. The number of halogens is 1. The number of ether oxygens (including phenoxy) is 1. The Bertz CT molecular complexity index is 544. The van der Waals surface area contributed by atoms with Gasteiger partial charge in [0.05, 0.1) is 12.6 Å². The van der Waals surface area contributed by atoms with Gasteiger partial charge >= 0.3 is 0 Å². The summed E-state index contributed by atoms with van der Waals surface area (Å²) in [6, 6.07) is 9.23. The van der Waals surface area contributed by atoms with Crippen LogP contribution in [0.1, 0.15) is 26.7 Å². The van der Waals surface area contributed by atoms with Crippen LogP contribution in [-0.4, -0.2) is 18.6 Å². The first-order valence-corrected chi connectivity index (χ1v) is 7.45. The third-order valence-electron chi connectivity index (χ3n) is 3.74. The third kappa shape index (κ3) is 3.68. The summed E-state index contributed by atoms with van der Waals surface area (Å²) in [7, 11) is 0. The molecule has 1 amide bonds. The van der Waals surface area contributed by atoms with E-state index in [0.717, 1.165) is 0 Å². The van der Waals surface area contributed by atoms with E-state index in [2.05, 4.69) is 18.3 Å². The molecule has 112 valence electrons. The van der Waals surface area contributed by atoms with Gasteiger partial charge in [-0.2, -0.15) is 5.26 Å². The predicted molar refractivity (Wildman–Crippen MR) is 81.0 cm³/mol. The lowest BCUT2D eigenvalue weighted by atomic mass is 9.63. The minimum absolute atomic E-state index is 0.177. The molecule has 0 bridgehead atoms. The quantitative estimate of drug-likeness (QED) is 0.909. The number of nitrogens with zero attached hydrogens (tertiary/aromatic N) is 1. The minimum atomic E-state index is -0.834. The van der Waals surface area contributed by atoms with Gasteiger partial charge < -0.3 is 10.1 Å². The van der Waals surface area contributed by atoms with E-state index in [1.54, 1.807) is 24.3 Å². The van der Waals surface area contributed by atoms with Gasteiger partial charge in [-0.25, -0.2) is 0 Å². The Hall–Kier alpha value is -1.73. The van der Waals surface area contributed by atoms with E-state index < -0.39 is 5.41 Å². The zero-order valence-electron chi connectivity index (χ0n) is 12.2. The van der Waals surface area contributed by atoms with Gasteiger partial charge in [-0.1, -0.05) is 18.5 Å². The summed E-state index contributed by atoms with van der Waals surface area (Å²) in [6.45, 7) is 4.30. The van der Waals surface area contributed by atoms with Crippen molar-refractivity contribution in [3.63, 3.8) is 0 Å². The van der Waals surface area contributed by atoms with Crippen molar-refractivity contribution in [2.24, 2.45) is 11.3 Å². The van der Waals surface area contributed by atoms with E-state index >= 15 is 0 Å². The fourth-order valence-corrected chi connectivity index (χ4v) is 2.78. The molecule has 0 unspecified atom stereocenters. The highest BCUT2D eigenvalue weighted by atomic mass is 35.5. The smallest absolute Gasteiger partial charge is 0.240 e. The molecule has 0 spiro atoms. The highest BCUT2D eigenvalue weighted by Crippen LogP contribution is 2.44. The summed E-state index contributed by atoms with van der Waals surface area (Å²) >= 11 is 5.81. The molecule has 2 rings (SSSR count). The van der Waals surface area contributed by atoms with Gasteiger partial charge in [-0.05, 0) is 49.9 Å². The molecule has 5 heteroatoms. The van der Waals surface area contributed by atoms with Crippen LogP contribution in [0.5, 0.6) is 5.75 Å². The molecule has 1 aromatic rings. The molecule has 0 saturated heterocycles. The summed E-state index contributed by atoms with van der Waals surface area (Å²) in [6.07, 6.45) is 1.10. The molecule has 21 heavy (non-hydrogen) atoms. The lowest BCUT2D eigenvalue weighted by Crippen LogP contribution is -2.49. The van der Waals surface area contributed by atoms with E-state index in [1.807, 2.05) is 6.92 Å². The molecule has 1 atom stereocenters. The Kier molecular flexibility index (Phi) is 4.74. The number of nitrogens with one attached hydrogen (secondary N) is 1. The Morgan fingerprint density at radius 2 is 2.14 bits per heavy atom. The van der Waals surface area contributed by atoms with Gasteiger partial charge in [-0.3, -0.25) is 4.79 Å². The van der Waals surface area contributed by atoms with Crippen molar-refractivity contribution in [3.05, 3.63) is 29.3 Å². The lowest BCUT2D eigenvalue weighted by molar-refractivity contribution is -0.134. The Labute approximate surface area is 130 Å². The summed E-state index contributed by atoms with van der Waals surface area (Å²) in [5.74, 6) is 0.959. The summed E-state index contributed by atoms with van der Waals surface area (Å²) in [5, 5.41) is 12.7. The fraction of sp³-hybridized carbons (Fsp3) is 0.500. The van der Waals surface area contributed by atoms with E-state index in [1.165, 1.54) is 0 Å². The van der Waals surface area contributed by atoms with Crippen LogP contribution < -0.4 is 10.1 Å². The first kappa shape index (κ1) is 15.7. The number of rotatable bonds is 5. The molecule has 4 nitrogen and oxygen atoms in total. The van der Waals surface area contributed by atoms with Crippen LogP contribution >= 0.6 is 11.6 Å². The van der Waals surface area contributed by atoms with Crippen molar-refractivity contribution in [3.8, 4) is 11.8 Å². The van der Waals surface area contributed by atoms with Crippen LogP contribution in [0.4, 0.5) is 0 Å². The van der Waals surface area contributed by atoms with E-state index in [4.69, 9.17) is 16.3 Å². The molecular formula is C16H19ClN2O2. The maximum atomic E-state index is 12.1. The molecule has 0 heterocycles. The van der Waals surface area contributed by atoms with Gasteiger partial charge in [-0.15, -0.1) is 0 Å². The largest absolute Gasteiger partial charge is 0.489 e. The first-order chi connectivity index (χ1) is 9.95. The summed E-state index contributed by atoms with van der Waals surface area (Å²) < 4.78 is 5.68. The average molecular weight is 307 g/mol. The summed E-state index contributed by atoms with van der Waals surface area (Å²) in [4.78, 5) is 12.1. The number of carbonyl (C=O) groups excluding carboxylic acids is 1. The van der Waals surface area contributed by atoms with Crippen molar-refractivity contribution in [1.82, 2.24) is 5.32 Å². The van der Waals surface area contributed by atoms with Crippen LogP contribution in [0, 0.1) is 22.7 Å². The molecule has 1 aromatic carbocycles. The second-order valence-electron chi connectivity index (χ2n) is 5.80. The molecule has 1 aliphatic carbocycles. The fourth-order valence-electron chi connectivity index (χ4n) is 2.65. The third-order valence-corrected chi connectivity index (χ3v) is 4.00. The molecular weight excluding hydrogens is 288 g/mol. The first-order valence-electron chi connectivity index (χ1n) is 7.07. The molecule has 1 saturated carbocycles. The zero-order valence-corrected chi connectivity index (χ0v) is 13.0. The minimum Gasteiger partial charge on any atom is -0.489 e. The zero-order chi connectivity index (χ0) is 15.5. The van der Waals surface area contributed by atoms with Gasteiger partial charge in [0, 0.05) is 5.02 Å². The molecule has 1 fully saturated rings. The van der Waals surface area contributed by atoms with Crippen LogP contribution in [0.3, 0.4) is 0 Å². The second kappa shape index (κ2) is 6.36. The monoisotopic (exact) mass is 306 g/mol. The van der Waals surface area contributed by atoms with Crippen molar-refractivity contribution < 1.29 is 9.53 Å². The topological polar surface area (TPSA) is 62.1 Å². The number of carbonyl (C=O) groups is 1. The van der Waals surface area contributed by atoms with Crippen LogP contribution in [-0.2, 0) is 4.79 Å². The highest BCUT2D eigenvalue weighted by molar-refractivity contribution is 6.30. The average Bonchev–Trinajstić information content (AvgIpc) is 2.43. The number of nitriles is 1. The standard InChI is InChI=1S/C16H19ClN2O2/c1-11-7-16(8-11,10-18)15(20)19-9-12(2)21-14-5-3-13(17)4-6-14/h3-6,11-12H,7-9H2,1-2H3,(H,19,20)/t11?,12-,16?/m0/s1. The van der Waals surface area contributed by atoms with Crippen LogP contribution in [0.25, 0.3) is 0 Å². The van der Waals surface area contributed by atoms with Gasteiger partial charge in [0.2, 0.25) is 5.91 Å². The lowest BCUT2D eigenvalue weighted by Gasteiger charge is -2.39. The van der Waals surface area contributed by atoms with Crippen molar-refractivity contribution >= 4 is 17.5 Å². The number of amides is 1. The molecule has 0 radical (unpaired) electrons. The van der Waals surface area contributed by atoms with Crippen LogP contribution in [0.15, 0.2) is 24.3 Å². The normalized spacial score (nSPS) is 25.3. The van der Waals surface area contributed by atoms with Crippen molar-refractivity contribution in [2.75, 3.05) is 6.54 Å². The maximum Gasteiger partial charge on any atom is 0.240 e. The summed E-state index contributed by atoms with van der Waals surface area (Å²) in [5.41, 5.74) is -0.834. The van der Waals surface area contributed by atoms with E-state index in [0.29, 0.717) is 36.1 Å². The van der Waals surface area contributed by atoms with E-state index in [9.17, 15) is 10.1 Å². The number of hydrogen-bond donors (Lipinski definition) is 1. The van der Waals surface area contributed by atoms with Crippen molar-refractivity contribution in [1.29, 1.82) is 5.26 Å². The molecule has 1 aliphatic rings. The predicted octanol–water partition coefficient (Wildman–Crippen LogP) is 3.16.